The van der Waals surface area contributed by atoms with Crippen LogP contribution in [0.2, 0.25) is 7.96 Å². The van der Waals surface area contributed by atoms with Gasteiger partial charge >= 0.3 is 84.6 Å². The van der Waals surface area contributed by atoms with Crippen LogP contribution in [0.15, 0.2) is 0 Å². The van der Waals surface area contributed by atoms with Crippen molar-refractivity contribution in [2.75, 3.05) is 0 Å². The third-order valence-corrected chi connectivity index (χ3v) is 6.79. The standard InChI is InChI=1S/2C5H11.Pb/c2*1-4-5(2)3;/h2*5H,1,4H2,2-3H3;. The van der Waals surface area contributed by atoms with E-state index in [1.54, 1.807) is 7.96 Å². The van der Waals surface area contributed by atoms with Gasteiger partial charge in [-0.25, -0.2) is 0 Å². The summed E-state index contributed by atoms with van der Waals surface area (Å²) >= 11 is -0.120. The molecule has 66 valence electrons. The topological polar surface area (TPSA) is 0 Å². The molecule has 11 heavy (non-hydrogen) atoms. The van der Waals surface area contributed by atoms with Gasteiger partial charge in [0.15, 0.2) is 0 Å². The van der Waals surface area contributed by atoms with Gasteiger partial charge in [-0.15, -0.1) is 0 Å². The Kier molecular flexibility index (Phi) is 8.20. The van der Waals surface area contributed by atoms with Crippen LogP contribution in [0.3, 0.4) is 0 Å². The minimum atomic E-state index is -0.120. The van der Waals surface area contributed by atoms with Gasteiger partial charge in [-0.2, -0.15) is 0 Å². The summed E-state index contributed by atoms with van der Waals surface area (Å²) in [7, 11) is 0. The Balaban J connectivity index is 2.91. The van der Waals surface area contributed by atoms with E-state index in [0.717, 1.165) is 11.8 Å². The van der Waals surface area contributed by atoms with Crippen LogP contribution in [-0.2, 0) is 0 Å². The molecule has 0 unspecified atom stereocenters. The Morgan fingerprint density at radius 3 is 1.45 bits per heavy atom. The molecule has 0 bridgehead atoms. The maximum absolute atomic E-state index is 2.34. The van der Waals surface area contributed by atoms with Gasteiger partial charge in [0.25, 0.3) is 0 Å². The van der Waals surface area contributed by atoms with Crippen LogP contribution in [0, 0.1) is 11.8 Å². The van der Waals surface area contributed by atoms with E-state index < -0.39 is 0 Å². The monoisotopic (exact) mass is 350 g/mol. The Morgan fingerprint density at radius 1 is 0.818 bits per heavy atom. The molecular weight excluding hydrogens is 327 g/mol. The zero-order valence-electron chi connectivity index (χ0n) is 8.48. The molecule has 2 radical (unpaired) electrons. The molecule has 0 spiro atoms. The molecule has 0 N–H and O–H groups in total. The second-order valence-electron chi connectivity index (χ2n) is 4.12. The summed E-state index contributed by atoms with van der Waals surface area (Å²) in [6.07, 6.45) is 3.00. The summed E-state index contributed by atoms with van der Waals surface area (Å²) in [5, 5.41) is 0. The third-order valence-electron chi connectivity index (χ3n) is 1.80. The Bertz CT molecular complexity index is 66.9. The van der Waals surface area contributed by atoms with E-state index in [-0.39, 0.29) is 24.2 Å². The molecule has 0 aliphatic rings. The van der Waals surface area contributed by atoms with Gasteiger partial charge in [0.1, 0.15) is 0 Å². The van der Waals surface area contributed by atoms with Crippen molar-refractivity contribution in [3.8, 4) is 0 Å². The van der Waals surface area contributed by atoms with Crippen molar-refractivity contribution in [1.29, 1.82) is 0 Å². The molecule has 0 heterocycles. The molecule has 0 amide bonds. The summed E-state index contributed by atoms with van der Waals surface area (Å²) < 4.78 is 3.26. The second kappa shape index (κ2) is 7.56. The Morgan fingerprint density at radius 2 is 1.18 bits per heavy atom. The fourth-order valence-electron chi connectivity index (χ4n) is 0.906. The van der Waals surface area contributed by atoms with Crippen molar-refractivity contribution in [2.45, 2.75) is 48.5 Å². The van der Waals surface area contributed by atoms with Crippen LogP contribution in [0.5, 0.6) is 0 Å². The van der Waals surface area contributed by atoms with Crippen LogP contribution < -0.4 is 0 Å². The minimum absolute atomic E-state index is 0.120. The van der Waals surface area contributed by atoms with Crippen molar-refractivity contribution in [2.24, 2.45) is 11.8 Å². The second-order valence-corrected chi connectivity index (χ2v) is 9.95. The Labute approximate surface area is 84.4 Å². The first-order valence-corrected chi connectivity index (χ1v) is 10.3. The first-order chi connectivity index (χ1) is 5.13. The van der Waals surface area contributed by atoms with E-state index in [1.165, 1.54) is 12.8 Å². The molecule has 0 aliphatic carbocycles. The molecule has 0 atom stereocenters. The average Bonchev–Trinajstić information content (AvgIpc) is 1.85. The van der Waals surface area contributed by atoms with Crippen LogP contribution >= 0.6 is 0 Å². The van der Waals surface area contributed by atoms with Crippen LogP contribution in [-0.4, -0.2) is 24.2 Å². The normalized spacial score (nSPS) is 11.5. The number of hydrogen-bond acceptors (Lipinski definition) is 0. The maximum atomic E-state index is 2.34. The molecule has 0 nitrogen and oxygen atoms in total. The van der Waals surface area contributed by atoms with Gasteiger partial charge < -0.3 is 0 Å². The van der Waals surface area contributed by atoms with Crippen LogP contribution in [0.1, 0.15) is 40.5 Å². The van der Waals surface area contributed by atoms with E-state index in [9.17, 15) is 0 Å². The first kappa shape index (κ1) is 11.9. The van der Waals surface area contributed by atoms with Crippen molar-refractivity contribution < 1.29 is 0 Å². The molecule has 0 rings (SSSR count). The zero-order chi connectivity index (χ0) is 8.69. The van der Waals surface area contributed by atoms with E-state index in [1.807, 2.05) is 0 Å². The summed E-state index contributed by atoms with van der Waals surface area (Å²) in [6.45, 7) is 9.36. The zero-order valence-corrected chi connectivity index (χ0v) is 12.4. The van der Waals surface area contributed by atoms with Gasteiger partial charge in [-0.1, -0.05) is 0 Å². The first-order valence-electron chi connectivity index (χ1n) is 4.83. The predicted octanol–water partition coefficient (Wildman–Crippen LogP) is 3.62. The molecular formula is C10H22Pb. The van der Waals surface area contributed by atoms with Gasteiger partial charge in [0.2, 0.25) is 0 Å². The summed E-state index contributed by atoms with van der Waals surface area (Å²) in [4.78, 5) is 0. The van der Waals surface area contributed by atoms with Crippen LogP contribution in [0.25, 0.3) is 0 Å². The molecule has 0 aromatic heterocycles. The molecule has 0 saturated heterocycles. The van der Waals surface area contributed by atoms with E-state index in [4.69, 9.17) is 0 Å². The van der Waals surface area contributed by atoms with Crippen molar-refractivity contribution in [1.82, 2.24) is 0 Å². The average molecular weight is 349 g/mol. The van der Waals surface area contributed by atoms with Gasteiger partial charge in [-0.3, -0.25) is 0 Å². The van der Waals surface area contributed by atoms with Gasteiger partial charge in [-0.05, 0) is 0 Å². The summed E-state index contributed by atoms with van der Waals surface area (Å²) in [5.41, 5.74) is 0. The van der Waals surface area contributed by atoms with E-state index >= 15 is 0 Å². The molecule has 0 aromatic carbocycles. The van der Waals surface area contributed by atoms with Gasteiger partial charge in [0.05, 0.1) is 0 Å². The number of hydrogen-bond donors (Lipinski definition) is 0. The van der Waals surface area contributed by atoms with Crippen LogP contribution in [0.4, 0.5) is 0 Å². The molecule has 1 heteroatoms. The van der Waals surface area contributed by atoms with Gasteiger partial charge in [0, 0.05) is 0 Å². The van der Waals surface area contributed by atoms with E-state index in [0.29, 0.717) is 0 Å². The number of rotatable bonds is 6. The van der Waals surface area contributed by atoms with Crippen molar-refractivity contribution in [3.05, 3.63) is 0 Å². The fourth-order valence-corrected chi connectivity index (χ4v) is 7.95. The molecule has 0 aliphatic heterocycles. The predicted molar refractivity (Wildman–Crippen MR) is 54.3 cm³/mol. The molecule has 0 saturated carbocycles. The molecule has 0 fully saturated rings. The summed E-state index contributed by atoms with van der Waals surface area (Å²) in [6, 6.07) is 0. The molecule has 0 aromatic rings. The SMILES string of the molecule is CC(C)C[CH2][Pb][CH2]CC(C)C. The van der Waals surface area contributed by atoms with Crippen molar-refractivity contribution in [3.63, 3.8) is 0 Å². The Hall–Kier alpha value is 0.922. The third kappa shape index (κ3) is 10.9. The fraction of sp³-hybridized carbons (Fsp3) is 1.00. The summed E-state index contributed by atoms with van der Waals surface area (Å²) in [5.74, 6) is 1.89. The quantitative estimate of drug-likeness (QED) is 0.507. The van der Waals surface area contributed by atoms with Crippen molar-refractivity contribution >= 4 is 24.2 Å². The van der Waals surface area contributed by atoms with E-state index in [2.05, 4.69) is 27.7 Å².